The maximum atomic E-state index is 9.19. The van der Waals surface area contributed by atoms with Gasteiger partial charge in [-0.15, -0.1) is 0 Å². The standard InChI is InChI=1S/C14H15ClN6O.CH4O3S/c1-7-4-17-10(8(2)11(7)22-3)6-21-12-9(19-13(21)15)5-18-14(16)20-12;1-5(2,3)4/h4-5H,6H2,1-3H3,(H2,16,18,20);1H3,(H,2,3,4). The Balaban J connectivity index is 0.000000465. The van der Waals surface area contributed by atoms with Gasteiger partial charge in [-0.05, 0) is 25.4 Å². The molecule has 3 aromatic heterocycles. The number of hydrogen-bond acceptors (Lipinski definition) is 8. The zero-order chi connectivity index (χ0) is 20.4. The van der Waals surface area contributed by atoms with Crippen LogP contribution in [0.5, 0.6) is 5.75 Å². The van der Waals surface area contributed by atoms with E-state index in [2.05, 4.69) is 19.9 Å². The average Bonchev–Trinajstić information content (AvgIpc) is 2.84. The van der Waals surface area contributed by atoms with Crippen LogP contribution in [0.3, 0.4) is 0 Å². The van der Waals surface area contributed by atoms with Crippen LogP contribution >= 0.6 is 11.6 Å². The first-order valence-corrected chi connectivity index (χ1v) is 9.79. The molecule has 0 aliphatic heterocycles. The molecule has 0 aliphatic carbocycles. The second kappa shape index (κ2) is 8.03. The molecule has 0 spiro atoms. The Kier molecular flexibility index (Phi) is 6.19. The lowest BCUT2D eigenvalue weighted by Crippen LogP contribution is -2.07. The van der Waals surface area contributed by atoms with E-state index in [-0.39, 0.29) is 5.95 Å². The van der Waals surface area contributed by atoms with E-state index in [1.807, 2.05) is 13.8 Å². The minimum atomic E-state index is -3.67. The molecule has 3 heterocycles. The van der Waals surface area contributed by atoms with Gasteiger partial charge >= 0.3 is 0 Å². The fourth-order valence-corrected chi connectivity index (χ4v) is 2.66. The highest BCUT2D eigenvalue weighted by molar-refractivity contribution is 7.85. The topological polar surface area (TPSA) is 146 Å². The summed E-state index contributed by atoms with van der Waals surface area (Å²) in [5, 5.41) is 0.315. The van der Waals surface area contributed by atoms with E-state index in [4.69, 9.17) is 26.6 Å². The number of ether oxygens (including phenoxy) is 1. The first-order valence-electron chi connectivity index (χ1n) is 7.57. The van der Waals surface area contributed by atoms with Crippen LogP contribution in [0, 0.1) is 13.8 Å². The third-order valence-corrected chi connectivity index (χ3v) is 3.81. The van der Waals surface area contributed by atoms with E-state index >= 15 is 0 Å². The quantitative estimate of drug-likeness (QED) is 0.482. The van der Waals surface area contributed by atoms with Gasteiger partial charge in [0.1, 0.15) is 11.3 Å². The number of aryl methyl sites for hydroxylation is 1. The van der Waals surface area contributed by atoms with Crippen LogP contribution in [-0.4, -0.2) is 50.8 Å². The Morgan fingerprint density at radius 3 is 2.48 bits per heavy atom. The minimum absolute atomic E-state index is 0.177. The number of imidazole rings is 1. The number of aromatic nitrogens is 5. The molecule has 27 heavy (non-hydrogen) atoms. The lowest BCUT2D eigenvalue weighted by Gasteiger charge is -2.13. The highest BCUT2D eigenvalue weighted by Gasteiger charge is 2.15. The average molecular weight is 415 g/mol. The van der Waals surface area contributed by atoms with Gasteiger partial charge in [-0.1, -0.05) is 0 Å². The number of pyridine rings is 1. The summed E-state index contributed by atoms with van der Waals surface area (Å²) in [6.07, 6.45) is 4.04. The number of hydrogen-bond donors (Lipinski definition) is 2. The number of nitrogens with zero attached hydrogens (tertiary/aromatic N) is 5. The summed E-state index contributed by atoms with van der Waals surface area (Å²) in [5.41, 5.74) is 9.60. The predicted octanol–water partition coefficient (Wildman–Crippen LogP) is 1.63. The van der Waals surface area contributed by atoms with Crippen LogP contribution < -0.4 is 10.5 Å². The summed E-state index contributed by atoms with van der Waals surface area (Å²) in [6, 6.07) is 0. The van der Waals surface area contributed by atoms with E-state index in [1.54, 1.807) is 24.1 Å². The van der Waals surface area contributed by atoms with E-state index < -0.39 is 10.1 Å². The largest absolute Gasteiger partial charge is 0.496 e. The van der Waals surface area contributed by atoms with Crippen molar-refractivity contribution < 1.29 is 17.7 Å². The Morgan fingerprint density at radius 2 is 1.89 bits per heavy atom. The summed E-state index contributed by atoms with van der Waals surface area (Å²) in [6.45, 7) is 4.34. The molecule has 3 rings (SSSR count). The first kappa shape index (κ1) is 20.8. The first-order chi connectivity index (χ1) is 12.5. The summed E-state index contributed by atoms with van der Waals surface area (Å²) in [7, 11) is -2.02. The van der Waals surface area contributed by atoms with Crippen molar-refractivity contribution in [3.63, 3.8) is 0 Å². The number of methoxy groups -OCH3 is 1. The normalized spacial score (nSPS) is 11.2. The molecule has 3 N–H and O–H groups in total. The highest BCUT2D eigenvalue weighted by atomic mass is 35.5. The number of nitrogens with two attached hydrogens (primary N) is 1. The van der Waals surface area contributed by atoms with Crippen molar-refractivity contribution in [1.29, 1.82) is 0 Å². The molecule has 10 nitrogen and oxygen atoms in total. The van der Waals surface area contributed by atoms with Gasteiger partial charge in [0.05, 0.1) is 31.8 Å². The van der Waals surface area contributed by atoms with Gasteiger partial charge in [0.25, 0.3) is 10.1 Å². The molecule has 146 valence electrons. The number of fused-ring (bicyclic) bond motifs is 1. The molecule has 12 heteroatoms. The fraction of sp³-hybridized carbons (Fsp3) is 0.333. The van der Waals surface area contributed by atoms with Crippen molar-refractivity contribution in [2.24, 2.45) is 0 Å². The molecule has 0 atom stereocenters. The molecule has 0 saturated heterocycles. The van der Waals surface area contributed by atoms with Gasteiger partial charge in [0.15, 0.2) is 5.65 Å². The van der Waals surface area contributed by atoms with Crippen molar-refractivity contribution in [2.75, 3.05) is 19.1 Å². The van der Waals surface area contributed by atoms with Gasteiger partial charge < -0.3 is 10.5 Å². The van der Waals surface area contributed by atoms with Gasteiger partial charge in [0.2, 0.25) is 11.2 Å². The summed E-state index contributed by atoms with van der Waals surface area (Å²) in [4.78, 5) is 16.8. The molecule has 0 aliphatic rings. The molecule has 0 unspecified atom stereocenters. The Morgan fingerprint density at radius 1 is 1.26 bits per heavy atom. The van der Waals surface area contributed by atoms with Crippen LogP contribution in [0.25, 0.3) is 11.2 Å². The summed E-state index contributed by atoms with van der Waals surface area (Å²) >= 11 is 6.21. The second-order valence-electron chi connectivity index (χ2n) is 5.68. The molecular weight excluding hydrogens is 396 g/mol. The van der Waals surface area contributed by atoms with Crippen LogP contribution in [-0.2, 0) is 16.7 Å². The van der Waals surface area contributed by atoms with Gasteiger partial charge in [-0.3, -0.25) is 14.1 Å². The predicted molar refractivity (Wildman–Crippen MR) is 102 cm³/mol. The van der Waals surface area contributed by atoms with Crippen LogP contribution in [0.4, 0.5) is 5.95 Å². The second-order valence-corrected chi connectivity index (χ2v) is 7.49. The number of nitrogen functional groups attached to an aromatic ring is 1. The van der Waals surface area contributed by atoms with Crippen molar-refractivity contribution >= 4 is 38.8 Å². The summed E-state index contributed by atoms with van der Waals surface area (Å²) < 4.78 is 33.0. The third-order valence-electron chi connectivity index (χ3n) is 3.52. The van der Waals surface area contributed by atoms with Crippen molar-refractivity contribution in [3.05, 3.63) is 34.5 Å². The minimum Gasteiger partial charge on any atom is -0.496 e. The number of rotatable bonds is 3. The SMILES string of the molecule is COc1c(C)cnc(Cn2c(Cl)nc3cnc(N)nc32)c1C.CS(=O)(=O)O. The van der Waals surface area contributed by atoms with E-state index in [9.17, 15) is 8.42 Å². The summed E-state index contributed by atoms with van der Waals surface area (Å²) in [5.74, 6) is 0.996. The molecule has 0 bridgehead atoms. The van der Waals surface area contributed by atoms with Gasteiger partial charge in [0, 0.05) is 17.3 Å². The lowest BCUT2D eigenvalue weighted by atomic mass is 10.1. The smallest absolute Gasteiger partial charge is 0.261 e. The molecular formula is C15H19ClN6O4S. The maximum absolute atomic E-state index is 9.19. The van der Waals surface area contributed by atoms with E-state index in [0.717, 1.165) is 22.6 Å². The highest BCUT2D eigenvalue weighted by Crippen LogP contribution is 2.26. The van der Waals surface area contributed by atoms with Crippen molar-refractivity contribution in [1.82, 2.24) is 24.5 Å². The van der Waals surface area contributed by atoms with E-state index in [1.165, 1.54) is 0 Å². The Labute approximate surface area is 161 Å². The van der Waals surface area contributed by atoms with Crippen LogP contribution in [0.1, 0.15) is 16.8 Å². The number of anilines is 1. The zero-order valence-electron chi connectivity index (χ0n) is 15.1. The zero-order valence-corrected chi connectivity index (χ0v) is 16.7. The van der Waals surface area contributed by atoms with Crippen molar-refractivity contribution in [3.8, 4) is 5.75 Å². The number of halogens is 1. The Hall–Kier alpha value is -2.50. The molecule has 0 saturated carbocycles. The van der Waals surface area contributed by atoms with Crippen molar-refractivity contribution in [2.45, 2.75) is 20.4 Å². The van der Waals surface area contributed by atoms with Gasteiger partial charge in [-0.25, -0.2) is 9.97 Å². The van der Waals surface area contributed by atoms with Crippen LogP contribution in [0.2, 0.25) is 5.28 Å². The van der Waals surface area contributed by atoms with Gasteiger partial charge in [-0.2, -0.15) is 13.4 Å². The lowest BCUT2D eigenvalue weighted by molar-refractivity contribution is 0.406. The molecule has 0 fully saturated rings. The monoisotopic (exact) mass is 414 g/mol. The molecule has 0 aromatic carbocycles. The molecule has 0 amide bonds. The fourth-order valence-electron chi connectivity index (χ4n) is 2.42. The molecule has 0 radical (unpaired) electrons. The van der Waals surface area contributed by atoms with E-state index in [0.29, 0.717) is 29.2 Å². The molecule has 3 aromatic rings. The van der Waals surface area contributed by atoms with Crippen LogP contribution in [0.15, 0.2) is 12.4 Å². The maximum Gasteiger partial charge on any atom is 0.261 e. The third kappa shape index (κ3) is 5.25. The Bertz CT molecular complexity index is 1080.